The van der Waals surface area contributed by atoms with Gasteiger partial charge < -0.3 is 15.2 Å². The molecule has 0 bridgehead atoms. The summed E-state index contributed by atoms with van der Waals surface area (Å²) in [7, 11) is 0. The van der Waals surface area contributed by atoms with Crippen LogP contribution in [0.1, 0.15) is 23.2 Å². The Balaban J connectivity index is 1.75. The zero-order valence-corrected chi connectivity index (χ0v) is 10.2. The molecule has 1 heterocycles. The number of Topliss-reactive ketones (excluding diaryl/α,β-unsaturated/α-hetero) is 1. The van der Waals surface area contributed by atoms with Crippen LogP contribution in [-0.2, 0) is 4.74 Å². The quantitative estimate of drug-likeness (QED) is 0.817. The fourth-order valence-corrected chi connectivity index (χ4v) is 2.16. The molecule has 3 rings (SSSR count). The van der Waals surface area contributed by atoms with Crippen molar-refractivity contribution in [3.63, 3.8) is 0 Å². The van der Waals surface area contributed by atoms with Gasteiger partial charge in [0.25, 0.3) is 0 Å². The van der Waals surface area contributed by atoms with Crippen molar-refractivity contribution >= 4 is 5.78 Å². The molecule has 96 valence electrons. The van der Waals surface area contributed by atoms with Gasteiger partial charge in [-0.15, -0.1) is 0 Å². The third-order valence-electron chi connectivity index (χ3n) is 3.41. The molecule has 2 N–H and O–H groups in total. The molecule has 0 radical (unpaired) electrons. The van der Waals surface area contributed by atoms with Crippen molar-refractivity contribution in [2.75, 3.05) is 13.2 Å². The van der Waals surface area contributed by atoms with Gasteiger partial charge in [0.05, 0.1) is 25.2 Å². The first-order chi connectivity index (χ1) is 8.74. The predicted molar refractivity (Wildman–Crippen MR) is 66.7 cm³/mol. The average Bonchev–Trinajstić information content (AvgIpc) is 3.08. The van der Waals surface area contributed by atoms with Crippen molar-refractivity contribution in [2.45, 2.75) is 25.0 Å². The number of carbonyl (C=O) groups excluding carboxylic acids is 1. The van der Waals surface area contributed by atoms with Gasteiger partial charge in [-0.05, 0) is 25.0 Å². The molecule has 2 aliphatic rings. The van der Waals surface area contributed by atoms with Crippen molar-refractivity contribution in [3.05, 3.63) is 29.8 Å². The maximum atomic E-state index is 12.3. The van der Waals surface area contributed by atoms with Crippen molar-refractivity contribution < 1.29 is 14.3 Å². The molecule has 2 unspecified atom stereocenters. The molecule has 1 aliphatic carbocycles. The van der Waals surface area contributed by atoms with Gasteiger partial charge in [0, 0.05) is 11.6 Å². The Morgan fingerprint density at radius 3 is 2.83 bits per heavy atom. The van der Waals surface area contributed by atoms with Crippen LogP contribution in [0.4, 0.5) is 0 Å². The largest absolute Gasteiger partial charge is 0.490 e. The summed E-state index contributed by atoms with van der Waals surface area (Å²) >= 11 is 0. The second kappa shape index (κ2) is 4.71. The van der Waals surface area contributed by atoms with Gasteiger partial charge in [-0.1, -0.05) is 12.1 Å². The van der Waals surface area contributed by atoms with E-state index in [2.05, 4.69) is 0 Å². The molecule has 1 aliphatic heterocycles. The van der Waals surface area contributed by atoms with Crippen molar-refractivity contribution in [2.24, 2.45) is 11.7 Å². The molecule has 2 atom stereocenters. The molecule has 1 saturated heterocycles. The number of hydrogen-bond acceptors (Lipinski definition) is 4. The van der Waals surface area contributed by atoms with Crippen LogP contribution in [0.3, 0.4) is 0 Å². The number of carbonyl (C=O) groups is 1. The van der Waals surface area contributed by atoms with E-state index in [4.69, 9.17) is 15.2 Å². The van der Waals surface area contributed by atoms with Crippen molar-refractivity contribution in [1.82, 2.24) is 0 Å². The predicted octanol–water partition coefficient (Wildman–Crippen LogP) is 1.38. The van der Waals surface area contributed by atoms with Crippen LogP contribution in [-0.4, -0.2) is 31.1 Å². The SMILES string of the molecule is NC1COCC1C(=O)c1cccc(OC2CC2)c1. The first-order valence-corrected chi connectivity index (χ1v) is 6.38. The zero-order valence-electron chi connectivity index (χ0n) is 10.2. The lowest BCUT2D eigenvalue weighted by atomic mass is 9.94. The minimum atomic E-state index is -0.221. The zero-order chi connectivity index (χ0) is 12.5. The van der Waals surface area contributed by atoms with Crippen LogP contribution in [0, 0.1) is 5.92 Å². The minimum absolute atomic E-state index is 0.0567. The standard InChI is InChI=1S/C14H17NO3/c15-13-8-17-7-12(13)14(16)9-2-1-3-11(6-9)18-10-4-5-10/h1-3,6,10,12-13H,4-5,7-8,15H2. The van der Waals surface area contributed by atoms with E-state index in [1.165, 1.54) is 0 Å². The Morgan fingerprint density at radius 1 is 1.33 bits per heavy atom. The smallest absolute Gasteiger partial charge is 0.170 e. The molecule has 1 aromatic carbocycles. The van der Waals surface area contributed by atoms with E-state index in [1.807, 2.05) is 24.3 Å². The Labute approximate surface area is 106 Å². The third kappa shape index (κ3) is 2.40. The Kier molecular flexibility index (Phi) is 3.06. The lowest BCUT2D eigenvalue weighted by Gasteiger charge is -2.12. The summed E-state index contributed by atoms with van der Waals surface area (Å²) in [6.45, 7) is 0.891. The van der Waals surface area contributed by atoms with E-state index in [-0.39, 0.29) is 17.7 Å². The highest BCUT2D eigenvalue weighted by atomic mass is 16.5. The third-order valence-corrected chi connectivity index (χ3v) is 3.41. The molecule has 0 amide bonds. The topological polar surface area (TPSA) is 61.5 Å². The number of hydrogen-bond donors (Lipinski definition) is 1. The van der Waals surface area contributed by atoms with E-state index in [9.17, 15) is 4.79 Å². The molecule has 18 heavy (non-hydrogen) atoms. The maximum Gasteiger partial charge on any atom is 0.170 e. The summed E-state index contributed by atoms with van der Waals surface area (Å²) in [4.78, 5) is 12.3. The minimum Gasteiger partial charge on any atom is -0.490 e. The highest BCUT2D eigenvalue weighted by Gasteiger charge is 2.32. The van der Waals surface area contributed by atoms with Crippen molar-refractivity contribution in [3.8, 4) is 5.75 Å². The molecule has 2 fully saturated rings. The van der Waals surface area contributed by atoms with Gasteiger partial charge in [0.2, 0.25) is 0 Å². The van der Waals surface area contributed by atoms with Gasteiger partial charge in [0.1, 0.15) is 5.75 Å². The molecular formula is C14H17NO3. The monoisotopic (exact) mass is 247 g/mol. The Morgan fingerprint density at radius 2 is 2.17 bits per heavy atom. The fourth-order valence-electron chi connectivity index (χ4n) is 2.16. The normalized spacial score (nSPS) is 27.2. The number of ether oxygens (including phenoxy) is 2. The summed E-state index contributed by atoms with van der Waals surface area (Å²) in [6.07, 6.45) is 2.56. The second-order valence-electron chi connectivity index (χ2n) is 5.02. The molecule has 0 aromatic heterocycles. The van der Waals surface area contributed by atoms with Gasteiger partial charge in [-0.2, -0.15) is 0 Å². The van der Waals surface area contributed by atoms with Gasteiger partial charge in [0.15, 0.2) is 5.78 Å². The number of rotatable bonds is 4. The summed E-state index contributed by atoms with van der Waals surface area (Å²) < 4.78 is 10.9. The second-order valence-corrected chi connectivity index (χ2v) is 5.02. The summed E-state index contributed by atoms with van der Waals surface area (Å²) in [5.41, 5.74) is 6.53. The summed E-state index contributed by atoms with van der Waals surface area (Å²) in [5, 5.41) is 0. The molecule has 1 saturated carbocycles. The Bertz CT molecular complexity index is 456. The lowest BCUT2D eigenvalue weighted by molar-refractivity contribution is 0.0895. The summed E-state index contributed by atoms with van der Waals surface area (Å²) in [6, 6.07) is 7.18. The van der Waals surface area contributed by atoms with Crippen LogP contribution < -0.4 is 10.5 Å². The molecule has 4 nitrogen and oxygen atoms in total. The van der Waals surface area contributed by atoms with Gasteiger partial charge in [-0.25, -0.2) is 0 Å². The van der Waals surface area contributed by atoms with Crippen LogP contribution >= 0.6 is 0 Å². The van der Waals surface area contributed by atoms with E-state index >= 15 is 0 Å². The lowest BCUT2D eigenvalue weighted by Crippen LogP contribution is -2.34. The van der Waals surface area contributed by atoms with E-state index < -0.39 is 0 Å². The molecule has 4 heteroatoms. The highest BCUT2D eigenvalue weighted by molar-refractivity contribution is 5.98. The number of nitrogens with two attached hydrogens (primary N) is 1. The first kappa shape index (κ1) is 11.7. The van der Waals surface area contributed by atoms with Gasteiger partial charge >= 0.3 is 0 Å². The molecule has 1 aromatic rings. The fraction of sp³-hybridized carbons (Fsp3) is 0.500. The van der Waals surface area contributed by atoms with E-state index in [0.717, 1.165) is 18.6 Å². The van der Waals surface area contributed by atoms with Crippen molar-refractivity contribution in [1.29, 1.82) is 0 Å². The van der Waals surface area contributed by atoms with Crippen LogP contribution in [0.2, 0.25) is 0 Å². The first-order valence-electron chi connectivity index (χ1n) is 6.38. The van der Waals surface area contributed by atoms with E-state index in [1.54, 1.807) is 0 Å². The Hall–Kier alpha value is -1.39. The highest BCUT2D eigenvalue weighted by Crippen LogP contribution is 2.28. The van der Waals surface area contributed by atoms with E-state index in [0.29, 0.717) is 24.9 Å². The van der Waals surface area contributed by atoms with Gasteiger partial charge in [-0.3, -0.25) is 4.79 Å². The number of ketones is 1. The maximum absolute atomic E-state index is 12.3. The van der Waals surface area contributed by atoms with Crippen LogP contribution in [0.5, 0.6) is 5.75 Å². The van der Waals surface area contributed by atoms with Crippen LogP contribution in [0.25, 0.3) is 0 Å². The average molecular weight is 247 g/mol. The number of benzene rings is 1. The summed E-state index contributed by atoms with van der Waals surface area (Å²) in [5.74, 6) is 0.609. The van der Waals surface area contributed by atoms with Crippen LogP contribution in [0.15, 0.2) is 24.3 Å². The molecule has 0 spiro atoms. The molecular weight excluding hydrogens is 230 g/mol.